The number of nitro groups is 1. The van der Waals surface area contributed by atoms with Crippen molar-refractivity contribution in [1.82, 2.24) is 0 Å². The molecule has 0 heterocycles. The van der Waals surface area contributed by atoms with Crippen LogP contribution in [0, 0.1) is 22.0 Å². The number of alkyl halides is 1. The third-order valence-corrected chi connectivity index (χ3v) is 5.30. The lowest BCUT2D eigenvalue weighted by molar-refractivity contribution is -0.385. The first-order valence-corrected chi connectivity index (χ1v) is 7.88. The number of hydrogen-bond acceptors (Lipinski definition) is 3. The average molecular weight is 342 g/mol. The van der Waals surface area contributed by atoms with Crippen molar-refractivity contribution in [3.63, 3.8) is 0 Å². The van der Waals surface area contributed by atoms with E-state index in [1.165, 1.54) is 26.4 Å². The van der Waals surface area contributed by atoms with E-state index in [0.29, 0.717) is 16.5 Å². The Morgan fingerprint density at radius 1 is 1.45 bits per heavy atom. The maximum absolute atomic E-state index is 11.1. The van der Waals surface area contributed by atoms with Gasteiger partial charge in [0.15, 0.2) is 5.75 Å². The summed E-state index contributed by atoms with van der Waals surface area (Å²) in [5.41, 5.74) is 1.07. The Balaban J connectivity index is 2.16. The van der Waals surface area contributed by atoms with Crippen LogP contribution in [0.3, 0.4) is 0 Å². The van der Waals surface area contributed by atoms with Crippen molar-refractivity contribution in [2.45, 2.75) is 37.4 Å². The van der Waals surface area contributed by atoms with Gasteiger partial charge in [-0.25, -0.2) is 0 Å². The zero-order chi connectivity index (χ0) is 14.7. The Morgan fingerprint density at radius 2 is 2.20 bits per heavy atom. The van der Waals surface area contributed by atoms with Crippen molar-refractivity contribution in [3.8, 4) is 5.75 Å². The highest BCUT2D eigenvalue weighted by Gasteiger charge is 2.27. The summed E-state index contributed by atoms with van der Waals surface area (Å²) < 4.78 is 5.04. The highest BCUT2D eigenvalue weighted by Crippen LogP contribution is 2.37. The van der Waals surface area contributed by atoms with Crippen LogP contribution in [-0.4, -0.2) is 16.9 Å². The molecule has 0 aromatic heterocycles. The minimum absolute atomic E-state index is 0.0555. The summed E-state index contributed by atoms with van der Waals surface area (Å²) in [6.45, 7) is 2.28. The minimum atomic E-state index is -0.378. The van der Waals surface area contributed by atoms with Crippen LogP contribution >= 0.6 is 15.9 Å². The summed E-state index contributed by atoms with van der Waals surface area (Å²) in [5, 5.41) is 11.1. The van der Waals surface area contributed by atoms with Crippen LogP contribution in [0.25, 0.3) is 0 Å². The second-order valence-corrected chi connectivity index (χ2v) is 6.84. The molecule has 1 aliphatic carbocycles. The zero-order valence-corrected chi connectivity index (χ0v) is 13.4. The second kappa shape index (κ2) is 6.57. The Hall–Kier alpha value is -1.10. The molecule has 3 unspecified atom stereocenters. The number of hydrogen-bond donors (Lipinski definition) is 0. The van der Waals surface area contributed by atoms with Crippen molar-refractivity contribution >= 4 is 21.6 Å². The van der Waals surface area contributed by atoms with Crippen LogP contribution in [0.1, 0.15) is 31.7 Å². The molecule has 0 bridgehead atoms. The summed E-state index contributed by atoms with van der Waals surface area (Å²) in [7, 11) is 1.46. The predicted octanol–water partition coefficient (Wildman–Crippen LogP) is 4.35. The maximum atomic E-state index is 11.1. The largest absolute Gasteiger partial charge is 0.490 e. The number of benzene rings is 1. The van der Waals surface area contributed by atoms with Gasteiger partial charge in [0.2, 0.25) is 0 Å². The zero-order valence-electron chi connectivity index (χ0n) is 11.8. The summed E-state index contributed by atoms with van der Waals surface area (Å²) in [5.74, 6) is 1.61. The number of halogens is 1. The van der Waals surface area contributed by atoms with E-state index in [1.54, 1.807) is 12.1 Å². The molecule has 1 fully saturated rings. The molecule has 1 aromatic rings. The third kappa shape index (κ3) is 3.51. The molecule has 1 aromatic carbocycles. The fourth-order valence-electron chi connectivity index (χ4n) is 2.98. The fraction of sp³-hybridized carbons (Fsp3) is 0.600. The molecule has 4 nitrogen and oxygen atoms in total. The molecule has 1 saturated carbocycles. The van der Waals surface area contributed by atoms with E-state index in [-0.39, 0.29) is 10.6 Å². The first-order chi connectivity index (χ1) is 9.51. The van der Waals surface area contributed by atoms with Gasteiger partial charge in [-0.2, -0.15) is 0 Å². The van der Waals surface area contributed by atoms with Crippen LogP contribution in [-0.2, 0) is 6.42 Å². The first kappa shape index (κ1) is 15.3. The molecule has 0 aliphatic heterocycles. The van der Waals surface area contributed by atoms with E-state index in [1.807, 2.05) is 6.07 Å². The number of nitrogens with zero attached hydrogens (tertiary/aromatic N) is 1. The SMILES string of the molecule is COc1ccc(CC2CC(C)CCC2Br)cc1[N+](=O)[O-]. The van der Waals surface area contributed by atoms with Gasteiger partial charge in [-0.15, -0.1) is 0 Å². The van der Waals surface area contributed by atoms with Gasteiger partial charge in [-0.3, -0.25) is 10.1 Å². The molecule has 0 saturated heterocycles. The van der Waals surface area contributed by atoms with E-state index < -0.39 is 0 Å². The fourth-order valence-corrected chi connectivity index (χ4v) is 3.65. The molecule has 1 aliphatic rings. The molecule has 5 heteroatoms. The lowest BCUT2D eigenvalue weighted by Gasteiger charge is -2.31. The molecule has 0 radical (unpaired) electrons. The number of rotatable bonds is 4. The maximum Gasteiger partial charge on any atom is 0.311 e. The van der Waals surface area contributed by atoms with Gasteiger partial charge in [-0.05, 0) is 49.1 Å². The number of ether oxygens (including phenoxy) is 1. The quantitative estimate of drug-likeness (QED) is 0.464. The average Bonchev–Trinajstić information content (AvgIpc) is 2.42. The van der Waals surface area contributed by atoms with E-state index >= 15 is 0 Å². The molecule has 2 rings (SSSR count). The van der Waals surface area contributed by atoms with Gasteiger partial charge in [0.05, 0.1) is 12.0 Å². The van der Waals surface area contributed by atoms with Gasteiger partial charge < -0.3 is 4.74 Å². The van der Waals surface area contributed by atoms with Gasteiger partial charge in [0.1, 0.15) is 0 Å². The minimum Gasteiger partial charge on any atom is -0.490 e. The standard InChI is InChI=1S/C15H20BrNO3/c1-10-3-5-13(16)12(7-10)8-11-4-6-15(20-2)14(9-11)17(18)19/h4,6,9-10,12-13H,3,5,7-8H2,1-2H3. The van der Waals surface area contributed by atoms with E-state index in [2.05, 4.69) is 22.9 Å². The summed E-state index contributed by atoms with van der Waals surface area (Å²) in [6, 6.07) is 5.28. The van der Waals surface area contributed by atoms with Crippen LogP contribution in [0.15, 0.2) is 18.2 Å². The third-order valence-electron chi connectivity index (χ3n) is 4.09. The van der Waals surface area contributed by atoms with Crippen LogP contribution in [0.5, 0.6) is 5.75 Å². The van der Waals surface area contributed by atoms with Gasteiger partial charge in [0.25, 0.3) is 0 Å². The molecular weight excluding hydrogens is 322 g/mol. The topological polar surface area (TPSA) is 52.4 Å². The van der Waals surface area contributed by atoms with E-state index in [0.717, 1.165) is 17.9 Å². The summed E-state index contributed by atoms with van der Waals surface area (Å²) >= 11 is 3.76. The Morgan fingerprint density at radius 3 is 2.85 bits per heavy atom. The highest BCUT2D eigenvalue weighted by atomic mass is 79.9. The molecular formula is C15H20BrNO3. The second-order valence-electron chi connectivity index (χ2n) is 5.66. The number of methoxy groups -OCH3 is 1. The van der Waals surface area contributed by atoms with Gasteiger partial charge in [0, 0.05) is 10.9 Å². The highest BCUT2D eigenvalue weighted by molar-refractivity contribution is 9.09. The van der Waals surface area contributed by atoms with Crippen LogP contribution < -0.4 is 4.74 Å². The summed E-state index contributed by atoms with van der Waals surface area (Å²) in [6.07, 6.45) is 4.50. The normalized spacial score (nSPS) is 26.2. The molecule has 20 heavy (non-hydrogen) atoms. The van der Waals surface area contributed by atoms with Crippen molar-refractivity contribution in [2.24, 2.45) is 11.8 Å². The molecule has 0 spiro atoms. The Labute approximate surface area is 127 Å². The van der Waals surface area contributed by atoms with Crippen LogP contribution in [0.4, 0.5) is 5.69 Å². The molecule has 0 N–H and O–H groups in total. The first-order valence-electron chi connectivity index (χ1n) is 6.96. The van der Waals surface area contributed by atoms with Gasteiger partial charge in [-0.1, -0.05) is 28.9 Å². The van der Waals surface area contributed by atoms with Crippen molar-refractivity contribution in [1.29, 1.82) is 0 Å². The van der Waals surface area contributed by atoms with Crippen molar-refractivity contribution in [3.05, 3.63) is 33.9 Å². The smallest absolute Gasteiger partial charge is 0.311 e. The summed E-state index contributed by atoms with van der Waals surface area (Å²) in [4.78, 5) is 11.2. The number of nitro benzene ring substituents is 1. The predicted molar refractivity (Wildman–Crippen MR) is 82.6 cm³/mol. The van der Waals surface area contributed by atoms with E-state index in [4.69, 9.17) is 4.74 Å². The van der Waals surface area contributed by atoms with Gasteiger partial charge >= 0.3 is 5.69 Å². The molecule has 3 atom stereocenters. The Bertz CT molecular complexity index is 492. The lowest BCUT2D eigenvalue weighted by atomic mass is 9.79. The molecule has 110 valence electrons. The van der Waals surface area contributed by atoms with Crippen molar-refractivity contribution in [2.75, 3.05) is 7.11 Å². The monoisotopic (exact) mass is 341 g/mol. The van der Waals surface area contributed by atoms with Crippen LogP contribution in [0.2, 0.25) is 0 Å². The Kier molecular flexibility index (Phi) is 5.02. The molecule has 0 amide bonds. The van der Waals surface area contributed by atoms with E-state index in [9.17, 15) is 10.1 Å². The lowest BCUT2D eigenvalue weighted by Crippen LogP contribution is -2.25. The van der Waals surface area contributed by atoms with Crippen molar-refractivity contribution < 1.29 is 9.66 Å².